The molecule has 0 aromatic heterocycles. The van der Waals surface area contributed by atoms with Gasteiger partial charge in [0.25, 0.3) is 0 Å². The van der Waals surface area contributed by atoms with Gasteiger partial charge in [-0.1, -0.05) is 26.3 Å². The summed E-state index contributed by atoms with van der Waals surface area (Å²) in [4.78, 5) is 15.1. The molecule has 3 aliphatic carbocycles. The van der Waals surface area contributed by atoms with Crippen LogP contribution < -0.4 is 5.32 Å². The lowest BCUT2D eigenvalue weighted by Crippen LogP contribution is -2.76. The van der Waals surface area contributed by atoms with Gasteiger partial charge in [0.1, 0.15) is 5.75 Å². The number of nitrogens with one attached hydrogen (secondary N) is 1. The van der Waals surface area contributed by atoms with Crippen LogP contribution in [0.2, 0.25) is 0 Å². The second kappa shape index (κ2) is 8.54. The normalized spacial score (nSPS) is 35.7. The van der Waals surface area contributed by atoms with E-state index in [1.165, 1.54) is 18.4 Å². The third kappa shape index (κ3) is 4.08. The molecule has 0 radical (unpaired) electrons. The van der Waals surface area contributed by atoms with Crippen molar-refractivity contribution in [1.29, 1.82) is 0 Å². The first-order valence-electron chi connectivity index (χ1n) is 13.0. The zero-order valence-electron chi connectivity index (χ0n) is 20.1. The number of amides is 1. The van der Waals surface area contributed by atoms with Gasteiger partial charge in [0.2, 0.25) is 5.91 Å². The Hall–Kier alpha value is -1.63. The smallest absolute Gasteiger partial charge is 0.220 e. The number of nitrogens with zero attached hydrogens (tertiary/aromatic N) is 1. The summed E-state index contributed by atoms with van der Waals surface area (Å²) < 4.78 is 0. The Kier molecular flexibility index (Phi) is 5.99. The number of hydrogen-bond donors (Lipinski definition) is 4. The molecule has 5 atom stereocenters. The monoisotopic (exact) mass is 456 g/mol. The molecule has 4 N–H and O–H groups in total. The lowest BCUT2D eigenvalue weighted by Gasteiger charge is -2.65. The van der Waals surface area contributed by atoms with E-state index in [1.54, 1.807) is 6.07 Å². The largest absolute Gasteiger partial charge is 0.508 e. The van der Waals surface area contributed by atoms with Crippen LogP contribution in [0.15, 0.2) is 18.2 Å². The molecule has 6 nitrogen and oxygen atoms in total. The molecule has 1 aromatic carbocycles. The number of aliphatic hydroxyl groups is 2. The molecule has 0 unspecified atom stereocenters. The lowest BCUT2D eigenvalue weighted by atomic mass is 9.48. The second-order valence-corrected chi connectivity index (χ2v) is 11.7. The first kappa shape index (κ1) is 23.1. The van der Waals surface area contributed by atoms with Crippen molar-refractivity contribution in [2.24, 2.45) is 11.8 Å². The summed E-state index contributed by atoms with van der Waals surface area (Å²) in [6, 6.07) is 5.06. The minimum atomic E-state index is -1.05. The van der Waals surface area contributed by atoms with E-state index < -0.39 is 23.2 Å². The van der Waals surface area contributed by atoms with E-state index >= 15 is 0 Å². The van der Waals surface area contributed by atoms with E-state index in [2.05, 4.69) is 24.1 Å². The number of likely N-dealkylation sites (tertiary alicyclic amines) is 1. The Morgan fingerprint density at radius 1 is 1.27 bits per heavy atom. The van der Waals surface area contributed by atoms with Crippen molar-refractivity contribution in [3.8, 4) is 5.75 Å². The molecule has 1 aliphatic heterocycles. The van der Waals surface area contributed by atoms with E-state index in [9.17, 15) is 20.1 Å². The molecule has 0 spiro atoms. The minimum Gasteiger partial charge on any atom is -0.508 e. The van der Waals surface area contributed by atoms with Crippen LogP contribution in [0.3, 0.4) is 0 Å². The number of hydrogen-bond acceptors (Lipinski definition) is 5. The van der Waals surface area contributed by atoms with Gasteiger partial charge in [0.05, 0.1) is 17.7 Å². The van der Waals surface area contributed by atoms with Crippen molar-refractivity contribution in [1.82, 2.24) is 10.2 Å². The van der Waals surface area contributed by atoms with Crippen LogP contribution in [0.25, 0.3) is 0 Å². The summed E-state index contributed by atoms with van der Waals surface area (Å²) in [5, 5.41) is 37.0. The number of phenolic OH excluding ortho intramolecular Hbond substituents is 1. The van der Waals surface area contributed by atoms with E-state index in [-0.39, 0.29) is 17.7 Å². The zero-order chi connectivity index (χ0) is 23.4. The van der Waals surface area contributed by atoms with Crippen molar-refractivity contribution < 1.29 is 20.1 Å². The highest BCUT2D eigenvalue weighted by atomic mass is 16.3. The molecule has 4 aliphatic rings. The van der Waals surface area contributed by atoms with Crippen molar-refractivity contribution in [2.45, 2.75) is 101 Å². The highest BCUT2D eigenvalue weighted by Crippen LogP contribution is 2.58. The standard InChI is InChI=1S/C27H40N2O4/c1-17(2)4-3-5-25(32)28-22-14-27(33)24-12-19-8-9-20(30)13-21(19)26(27,15-23(22)31)10-11-29(24)16-18-6-7-18/h8-9,13,17-18,22-24,30-31,33H,3-7,10-12,14-16H2,1-2H3,(H,28,32)/t22-,23-,24+,26+,27+/m0/s1. The van der Waals surface area contributed by atoms with Gasteiger partial charge in [0, 0.05) is 30.8 Å². The Labute approximate surface area is 197 Å². The molecule has 5 rings (SSSR count). The molecule has 33 heavy (non-hydrogen) atoms. The molecule has 182 valence electrons. The predicted octanol–water partition coefficient (Wildman–Crippen LogP) is 2.87. The molecule has 3 fully saturated rings. The topological polar surface area (TPSA) is 93.0 Å². The number of phenols is 1. The van der Waals surface area contributed by atoms with Gasteiger partial charge in [-0.05, 0) is 80.2 Å². The van der Waals surface area contributed by atoms with Gasteiger partial charge in [-0.15, -0.1) is 0 Å². The minimum absolute atomic E-state index is 0.0308. The summed E-state index contributed by atoms with van der Waals surface area (Å²) >= 11 is 0. The van der Waals surface area contributed by atoms with Crippen LogP contribution in [0.1, 0.15) is 76.3 Å². The number of carbonyl (C=O) groups excluding carboxylic acids is 1. The highest BCUT2D eigenvalue weighted by molar-refractivity contribution is 5.76. The number of benzene rings is 1. The molecule has 2 saturated carbocycles. The van der Waals surface area contributed by atoms with Crippen molar-refractivity contribution in [2.75, 3.05) is 13.1 Å². The summed E-state index contributed by atoms with van der Waals surface area (Å²) in [6.07, 6.45) is 6.38. The highest BCUT2D eigenvalue weighted by Gasteiger charge is 2.66. The number of aliphatic hydroxyl groups excluding tert-OH is 1. The number of fused-ring (bicyclic) bond motifs is 1. The molecule has 1 heterocycles. The summed E-state index contributed by atoms with van der Waals surface area (Å²) in [5.41, 5.74) is 0.526. The fraction of sp³-hybridized carbons (Fsp3) is 0.741. The first-order chi connectivity index (χ1) is 15.7. The maximum absolute atomic E-state index is 12.7. The van der Waals surface area contributed by atoms with E-state index in [1.807, 2.05) is 12.1 Å². The molecular weight excluding hydrogens is 416 g/mol. The van der Waals surface area contributed by atoms with Crippen LogP contribution in [0.4, 0.5) is 0 Å². The predicted molar refractivity (Wildman–Crippen MR) is 127 cm³/mol. The fourth-order valence-corrected chi connectivity index (χ4v) is 7.03. The molecule has 2 bridgehead atoms. The second-order valence-electron chi connectivity index (χ2n) is 11.7. The van der Waals surface area contributed by atoms with Gasteiger partial charge in [-0.2, -0.15) is 0 Å². The number of carbonyl (C=O) groups is 1. The van der Waals surface area contributed by atoms with Crippen LogP contribution in [-0.4, -0.2) is 63.0 Å². The molecule has 1 aromatic rings. The van der Waals surface area contributed by atoms with Gasteiger partial charge in [0.15, 0.2) is 0 Å². The van der Waals surface area contributed by atoms with Gasteiger partial charge in [-0.3, -0.25) is 9.69 Å². The van der Waals surface area contributed by atoms with Gasteiger partial charge >= 0.3 is 0 Å². The maximum Gasteiger partial charge on any atom is 0.220 e. The Morgan fingerprint density at radius 2 is 2.06 bits per heavy atom. The number of aromatic hydroxyl groups is 1. The van der Waals surface area contributed by atoms with Crippen LogP contribution in [0.5, 0.6) is 5.75 Å². The third-order valence-electron chi connectivity index (χ3n) is 8.94. The number of piperidine rings is 1. The van der Waals surface area contributed by atoms with Gasteiger partial charge in [-0.25, -0.2) is 0 Å². The lowest BCUT2D eigenvalue weighted by molar-refractivity contribution is -0.190. The maximum atomic E-state index is 12.7. The fourth-order valence-electron chi connectivity index (χ4n) is 7.03. The van der Waals surface area contributed by atoms with Crippen LogP contribution in [0, 0.1) is 11.8 Å². The Bertz CT molecular complexity index is 900. The van der Waals surface area contributed by atoms with Crippen LogP contribution in [-0.2, 0) is 16.6 Å². The Morgan fingerprint density at radius 3 is 2.79 bits per heavy atom. The summed E-state index contributed by atoms with van der Waals surface area (Å²) in [7, 11) is 0. The Balaban J connectivity index is 1.43. The van der Waals surface area contributed by atoms with Crippen molar-refractivity contribution >= 4 is 5.91 Å². The molecule has 1 amide bonds. The van der Waals surface area contributed by atoms with Crippen molar-refractivity contribution in [3.63, 3.8) is 0 Å². The van der Waals surface area contributed by atoms with E-state index in [0.717, 1.165) is 50.3 Å². The first-order valence-corrected chi connectivity index (χ1v) is 13.0. The van der Waals surface area contributed by atoms with Gasteiger partial charge < -0.3 is 20.6 Å². The van der Waals surface area contributed by atoms with Crippen molar-refractivity contribution in [3.05, 3.63) is 29.3 Å². The molecule has 6 heteroatoms. The third-order valence-corrected chi connectivity index (χ3v) is 8.94. The zero-order valence-corrected chi connectivity index (χ0v) is 20.1. The SMILES string of the molecule is CC(C)CCCC(=O)N[C@H]1C[C@@]2(O)[C@H]3Cc4ccc(O)cc4[C@@]2(CCN3CC2CC2)C[C@@H]1O. The molecular formula is C27H40N2O4. The summed E-state index contributed by atoms with van der Waals surface area (Å²) in [5.74, 6) is 1.47. The van der Waals surface area contributed by atoms with Crippen LogP contribution >= 0.6 is 0 Å². The molecule has 1 saturated heterocycles. The summed E-state index contributed by atoms with van der Waals surface area (Å²) in [6.45, 7) is 6.23. The quantitative estimate of drug-likeness (QED) is 0.506. The van der Waals surface area contributed by atoms with E-state index in [0.29, 0.717) is 25.2 Å². The number of rotatable bonds is 7. The average Bonchev–Trinajstić information content (AvgIpc) is 3.55. The average molecular weight is 457 g/mol. The van der Waals surface area contributed by atoms with E-state index in [4.69, 9.17) is 0 Å².